The van der Waals surface area contributed by atoms with Crippen molar-refractivity contribution in [3.8, 4) is 11.5 Å². The molecule has 1 saturated carbocycles. The Balaban J connectivity index is 1.80. The highest BCUT2D eigenvalue weighted by Crippen LogP contribution is 2.39. The van der Waals surface area contributed by atoms with Crippen molar-refractivity contribution in [2.75, 3.05) is 32.2 Å². The maximum absolute atomic E-state index is 6.19. The van der Waals surface area contributed by atoms with Gasteiger partial charge < -0.3 is 19.7 Å². The van der Waals surface area contributed by atoms with E-state index in [2.05, 4.69) is 10.2 Å². The lowest BCUT2D eigenvalue weighted by Crippen LogP contribution is -2.46. The number of halogens is 1. The van der Waals surface area contributed by atoms with Crippen LogP contribution in [-0.4, -0.2) is 39.4 Å². The molecule has 1 aliphatic carbocycles. The molecule has 1 unspecified atom stereocenters. The van der Waals surface area contributed by atoms with E-state index in [4.69, 9.17) is 21.1 Å². The van der Waals surface area contributed by atoms with Crippen molar-refractivity contribution < 1.29 is 9.47 Å². The van der Waals surface area contributed by atoms with Gasteiger partial charge in [0.05, 0.1) is 24.9 Å². The Labute approximate surface area is 131 Å². The van der Waals surface area contributed by atoms with E-state index in [1.807, 2.05) is 12.1 Å². The molecule has 1 aliphatic heterocycles. The quantitative estimate of drug-likeness (QED) is 0.906. The molecule has 1 aromatic carbocycles. The van der Waals surface area contributed by atoms with Gasteiger partial charge in [-0.1, -0.05) is 11.6 Å². The Kier molecular flexibility index (Phi) is 4.45. The molecule has 2 fully saturated rings. The van der Waals surface area contributed by atoms with Gasteiger partial charge >= 0.3 is 0 Å². The van der Waals surface area contributed by atoms with Crippen LogP contribution in [0.25, 0.3) is 0 Å². The largest absolute Gasteiger partial charge is 0.495 e. The molecule has 0 aromatic heterocycles. The van der Waals surface area contributed by atoms with E-state index < -0.39 is 0 Å². The summed E-state index contributed by atoms with van der Waals surface area (Å²) in [5, 5.41) is 4.32. The summed E-state index contributed by atoms with van der Waals surface area (Å²) in [5.74, 6) is 1.51. The molecule has 5 heteroatoms. The standard InChI is InChI=1S/C16H23ClN2O2/c1-20-15-9-14(16(21-2)8-13(15)17)19-7-3-4-12(10-19)18-11-5-6-11/h8-9,11-12,18H,3-7,10H2,1-2H3. The summed E-state index contributed by atoms with van der Waals surface area (Å²) >= 11 is 6.19. The van der Waals surface area contributed by atoms with Gasteiger partial charge in [0, 0.05) is 37.3 Å². The van der Waals surface area contributed by atoms with Crippen molar-refractivity contribution >= 4 is 17.3 Å². The Morgan fingerprint density at radius 2 is 1.86 bits per heavy atom. The minimum atomic E-state index is 0.567. The third-order valence-corrected chi connectivity index (χ3v) is 4.56. The van der Waals surface area contributed by atoms with Crippen molar-refractivity contribution in [1.82, 2.24) is 5.32 Å². The Morgan fingerprint density at radius 1 is 1.10 bits per heavy atom. The molecule has 0 amide bonds. The Bertz CT molecular complexity index is 505. The van der Waals surface area contributed by atoms with Gasteiger partial charge in [0.15, 0.2) is 0 Å². The molecule has 3 rings (SSSR count). The molecule has 0 radical (unpaired) electrons. The summed E-state index contributed by atoms with van der Waals surface area (Å²) in [6, 6.07) is 5.14. The van der Waals surface area contributed by atoms with Crippen LogP contribution in [0.3, 0.4) is 0 Å². The topological polar surface area (TPSA) is 33.7 Å². The van der Waals surface area contributed by atoms with Crippen LogP contribution in [-0.2, 0) is 0 Å². The van der Waals surface area contributed by atoms with E-state index in [1.165, 1.54) is 25.7 Å². The number of piperidine rings is 1. The molecule has 0 bridgehead atoms. The van der Waals surface area contributed by atoms with Crippen LogP contribution in [0.2, 0.25) is 5.02 Å². The summed E-state index contributed by atoms with van der Waals surface area (Å²) in [6.07, 6.45) is 5.10. The highest BCUT2D eigenvalue weighted by Gasteiger charge is 2.28. The number of anilines is 1. The number of hydrogen-bond acceptors (Lipinski definition) is 4. The van der Waals surface area contributed by atoms with Gasteiger partial charge in [0.2, 0.25) is 0 Å². The van der Waals surface area contributed by atoms with Crippen LogP contribution in [0.15, 0.2) is 12.1 Å². The normalized spacial score (nSPS) is 22.2. The smallest absolute Gasteiger partial charge is 0.143 e. The van der Waals surface area contributed by atoms with Gasteiger partial charge in [-0.15, -0.1) is 0 Å². The van der Waals surface area contributed by atoms with Gasteiger partial charge in [-0.2, -0.15) is 0 Å². The summed E-state index contributed by atoms with van der Waals surface area (Å²) in [4.78, 5) is 2.38. The van der Waals surface area contributed by atoms with E-state index in [-0.39, 0.29) is 0 Å². The fraction of sp³-hybridized carbons (Fsp3) is 0.625. The molecule has 2 aliphatic rings. The van der Waals surface area contributed by atoms with E-state index in [9.17, 15) is 0 Å². The van der Waals surface area contributed by atoms with Gasteiger partial charge in [0.1, 0.15) is 11.5 Å². The molecule has 116 valence electrons. The highest BCUT2D eigenvalue weighted by molar-refractivity contribution is 6.32. The van der Waals surface area contributed by atoms with Crippen LogP contribution in [0.5, 0.6) is 11.5 Å². The molecule has 1 heterocycles. The van der Waals surface area contributed by atoms with Crippen molar-refractivity contribution in [2.45, 2.75) is 37.8 Å². The SMILES string of the molecule is COc1cc(N2CCCC(NC3CC3)C2)c(OC)cc1Cl. The highest BCUT2D eigenvalue weighted by atomic mass is 35.5. The number of nitrogens with one attached hydrogen (secondary N) is 1. The van der Waals surface area contributed by atoms with Gasteiger partial charge in [0.25, 0.3) is 0 Å². The number of rotatable bonds is 5. The predicted molar refractivity (Wildman–Crippen MR) is 85.9 cm³/mol. The minimum Gasteiger partial charge on any atom is -0.495 e. The third-order valence-electron chi connectivity index (χ3n) is 4.26. The van der Waals surface area contributed by atoms with Crippen LogP contribution in [0.4, 0.5) is 5.69 Å². The van der Waals surface area contributed by atoms with Crippen molar-refractivity contribution in [2.24, 2.45) is 0 Å². The van der Waals surface area contributed by atoms with Crippen molar-refractivity contribution in [3.05, 3.63) is 17.2 Å². The number of nitrogens with zero attached hydrogens (tertiary/aromatic N) is 1. The molecule has 1 aromatic rings. The zero-order valence-electron chi connectivity index (χ0n) is 12.7. The summed E-state index contributed by atoms with van der Waals surface area (Å²) in [7, 11) is 3.33. The Hall–Kier alpha value is -1.13. The first kappa shape index (κ1) is 14.8. The van der Waals surface area contributed by atoms with E-state index >= 15 is 0 Å². The zero-order chi connectivity index (χ0) is 14.8. The fourth-order valence-electron chi connectivity index (χ4n) is 3.01. The monoisotopic (exact) mass is 310 g/mol. The van der Waals surface area contributed by atoms with Crippen molar-refractivity contribution in [3.63, 3.8) is 0 Å². The number of ether oxygens (including phenoxy) is 2. The zero-order valence-corrected chi connectivity index (χ0v) is 13.4. The second-order valence-electron chi connectivity index (χ2n) is 5.88. The first-order valence-corrected chi connectivity index (χ1v) is 8.01. The lowest BCUT2D eigenvalue weighted by molar-refractivity contribution is 0.392. The average molecular weight is 311 g/mol. The summed E-state index contributed by atoms with van der Waals surface area (Å²) in [6.45, 7) is 2.06. The lowest BCUT2D eigenvalue weighted by atomic mass is 10.0. The lowest BCUT2D eigenvalue weighted by Gasteiger charge is -2.35. The predicted octanol–water partition coefficient (Wildman–Crippen LogP) is 3.08. The average Bonchev–Trinajstić information content (AvgIpc) is 3.31. The molecule has 1 atom stereocenters. The van der Waals surface area contributed by atoms with Crippen LogP contribution in [0, 0.1) is 0 Å². The van der Waals surface area contributed by atoms with Crippen LogP contribution >= 0.6 is 11.6 Å². The van der Waals surface area contributed by atoms with E-state index in [0.29, 0.717) is 16.8 Å². The van der Waals surface area contributed by atoms with E-state index in [0.717, 1.165) is 30.6 Å². The minimum absolute atomic E-state index is 0.567. The molecule has 1 saturated heterocycles. The number of hydrogen-bond donors (Lipinski definition) is 1. The number of methoxy groups -OCH3 is 2. The molecule has 0 spiro atoms. The molecular weight excluding hydrogens is 288 g/mol. The van der Waals surface area contributed by atoms with E-state index in [1.54, 1.807) is 14.2 Å². The number of benzene rings is 1. The third kappa shape index (κ3) is 3.38. The Morgan fingerprint density at radius 3 is 2.52 bits per heavy atom. The maximum atomic E-state index is 6.19. The first-order chi connectivity index (χ1) is 10.2. The maximum Gasteiger partial charge on any atom is 0.143 e. The molecule has 1 N–H and O–H groups in total. The second-order valence-corrected chi connectivity index (χ2v) is 6.29. The summed E-state index contributed by atoms with van der Waals surface area (Å²) in [5.41, 5.74) is 1.07. The fourth-order valence-corrected chi connectivity index (χ4v) is 3.24. The second kappa shape index (κ2) is 6.32. The van der Waals surface area contributed by atoms with Gasteiger partial charge in [-0.3, -0.25) is 0 Å². The molecule has 21 heavy (non-hydrogen) atoms. The van der Waals surface area contributed by atoms with Gasteiger partial charge in [-0.25, -0.2) is 0 Å². The van der Waals surface area contributed by atoms with Crippen LogP contribution in [0.1, 0.15) is 25.7 Å². The summed E-state index contributed by atoms with van der Waals surface area (Å²) < 4.78 is 10.9. The first-order valence-electron chi connectivity index (χ1n) is 7.63. The molecule has 4 nitrogen and oxygen atoms in total. The van der Waals surface area contributed by atoms with Gasteiger partial charge in [-0.05, 0) is 25.7 Å². The van der Waals surface area contributed by atoms with Crippen molar-refractivity contribution in [1.29, 1.82) is 0 Å². The molecular formula is C16H23ClN2O2. The van der Waals surface area contributed by atoms with Crippen LogP contribution < -0.4 is 19.7 Å².